The molecule has 0 spiro atoms. The molecule has 7 nitrogen and oxygen atoms in total. The van der Waals surface area contributed by atoms with Crippen molar-refractivity contribution in [2.45, 2.75) is 31.0 Å². The van der Waals surface area contributed by atoms with Gasteiger partial charge in [0.2, 0.25) is 0 Å². The van der Waals surface area contributed by atoms with Crippen LogP contribution in [0.3, 0.4) is 0 Å². The Kier molecular flexibility index (Phi) is 6.54. The molecule has 2 aromatic carbocycles. The standard InChI is InChI=1S/C20H20ClFN2O3.C2HF3O2/c1-20(13-6-5-12(21)9-14(13)22)26-18-4-2-3-16(19(18)27-20)24-8-7-23-15-10-25-11-17(15)24;3-2(4,5)1(6)7/h2-6,9,15,17,23H,7-8,10-11H2,1H3;(H,6,7)/t15-,17+,20?;/m0./s1. The van der Waals surface area contributed by atoms with Gasteiger partial charge in [-0.2, -0.15) is 13.2 Å². The first kappa shape index (κ1) is 24.4. The van der Waals surface area contributed by atoms with Crippen molar-refractivity contribution in [1.29, 1.82) is 0 Å². The molecule has 0 bridgehead atoms. The second-order valence-corrected chi connectivity index (χ2v) is 8.48. The van der Waals surface area contributed by atoms with Crippen molar-refractivity contribution in [3.63, 3.8) is 0 Å². The highest BCUT2D eigenvalue weighted by Crippen LogP contribution is 2.50. The Labute approximate surface area is 197 Å². The van der Waals surface area contributed by atoms with E-state index in [4.69, 9.17) is 35.7 Å². The van der Waals surface area contributed by atoms with Crippen LogP contribution in [0.25, 0.3) is 0 Å². The summed E-state index contributed by atoms with van der Waals surface area (Å²) in [5.41, 5.74) is 1.27. The lowest BCUT2D eigenvalue weighted by molar-refractivity contribution is -0.192. The Bertz CT molecular complexity index is 1090. The van der Waals surface area contributed by atoms with Crippen LogP contribution in [-0.4, -0.2) is 55.6 Å². The van der Waals surface area contributed by atoms with E-state index in [-0.39, 0.29) is 6.04 Å². The number of para-hydroxylation sites is 1. The van der Waals surface area contributed by atoms with Gasteiger partial charge in [-0.25, -0.2) is 9.18 Å². The molecule has 3 aliphatic rings. The van der Waals surface area contributed by atoms with Gasteiger partial charge in [0.25, 0.3) is 5.79 Å². The molecule has 2 N–H and O–H groups in total. The van der Waals surface area contributed by atoms with Gasteiger partial charge in [-0.15, -0.1) is 0 Å². The second-order valence-electron chi connectivity index (χ2n) is 8.04. The Morgan fingerprint density at radius 3 is 2.65 bits per heavy atom. The number of piperazine rings is 1. The summed E-state index contributed by atoms with van der Waals surface area (Å²) in [5.74, 6) is -3.20. The number of halogens is 5. The monoisotopic (exact) mass is 504 g/mol. The maximum atomic E-state index is 14.5. The minimum atomic E-state index is -5.08. The molecule has 1 unspecified atom stereocenters. The van der Waals surface area contributed by atoms with Gasteiger partial charge in [-0.05, 0) is 30.3 Å². The number of ether oxygens (including phenoxy) is 3. The summed E-state index contributed by atoms with van der Waals surface area (Å²) in [7, 11) is 0. The largest absolute Gasteiger partial charge is 0.490 e. The van der Waals surface area contributed by atoms with E-state index in [2.05, 4.69) is 10.2 Å². The highest BCUT2D eigenvalue weighted by atomic mass is 35.5. The highest BCUT2D eigenvalue weighted by Gasteiger charge is 2.44. The zero-order chi connectivity index (χ0) is 24.7. The van der Waals surface area contributed by atoms with Crippen LogP contribution in [-0.2, 0) is 15.3 Å². The highest BCUT2D eigenvalue weighted by molar-refractivity contribution is 6.30. The predicted molar refractivity (Wildman–Crippen MR) is 114 cm³/mol. The summed E-state index contributed by atoms with van der Waals surface area (Å²) in [5, 5.41) is 11.0. The van der Waals surface area contributed by atoms with E-state index in [1.54, 1.807) is 19.1 Å². The van der Waals surface area contributed by atoms with Crippen LogP contribution in [0, 0.1) is 5.82 Å². The fraction of sp³-hybridized carbons (Fsp3) is 0.409. The van der Waals surface area contributed by atoms with Crippen LogP contribution >= 0.6 is 11.6 Å². The molecular formula is C22H21ClF4N2O5. The maximum Gasteiger partial charge on any atom is 0.490 e. The third-order valence-electron chi connectivity index (χ3n) is 5.74. The predicted octanol–water partition coefficient (Wildman–Crippen LogP) is 3.93. The van der Waals surface area contributed by atoms with Crippen molar-refractivity contribution >= 4 is 23.3 Å². The molecule has 184 valence electrons. The molecule has 5 rings (SSSR count). The van der Waals surface area contributed by atoms with Gasteiger partial charge in [-0.3, -0.25) is 0 Å². The summed E-state index contributed by atoms with van der Waals surface area (Å²) < 4.78 is 64.2. The first-order valence-corrected chi connectivity index (χ1v) is 10.7. The quantitative estimate of drug-likeness (QED) is 0.600. The van der Waals surface area contributed by atoms with Crippen molar-refractivity contribution < 1.29 is 41.7 Å². The van der Waals surface area contributed by atoms with Crippen LogP contribution in [0.2, 0.25) is 5.02 Å². The number of aliphatic carboxylic acids is 1. The Morgan fingerprint density at radius 1 is 1.24 bits per heavy atom. The number of fused-ring (bicyclic) bond motifs is 2. The summed E-state index contributed by atoms with van der Waals surface area (Å²) >= 11 is 5.89. The number of anilines is 1. The third kappa shape index (κ3) is 4.73. The van der Waals surface area contributed by atoms with Crippen LogP contribution < -0.4 is 19.7 Å². The molecule has 0 saturated carbocycles. The topological polar surface area (TPSA) is 80.3 Å². The van der Waals surface area contributed by atoms with Crippen LogP contribution in [0.5, 0.6) is 11.5 Å². The van der Waals surface area contributed by atoms with Crippen LogP contribution in [0.1, 0.15) is 12.5 Å². The lowest BCUT2D eigenvalue weighted by Crippen LogP contribution is -2.57. The average Bonchev–Trinajstić information content (AvgIpc) is 3.37. The molecule has 0 aliphatic carbocycles. The number of rotatable bonds is 2. The third-order valence-corrected chi connectivity index (χ3v) is 5.98. The van der Waals surface area contributed by atoms with E-state index in [1.165, 1.54) is 6.07 Å². The number of carboxylic acids is 1. The minimum Gasteiger partial charge on any atom is -0.475 e. The Morgan fingerprint density at radius 2 is 1.97 bits per heavy atom. The molecule has 3 atom stereocenters. The number of nitrogens with zero attached hydrogens (tertiary/aromatic N) is 1. The number of carbonyl (C=O) groups is 1. The summed E-state index contributed by atoms with van der Waals surface area (Å²) in [6.45, 7) is 4.82. The summed E-state index contributed by atoms with van der Waals surface area (Å²) in [6.07, 6.45) is -5.08. The molecule has 0 aromatic heterocycles. The molecule has 12 heteroatoms. The summed E-state index contributed by atoms with van der Waals surface area (Å²) in [6, 6.07) is 10.9. The number of carboxylic acid groups (broad SMARTS) is 1. The lowest BCUT2D eigenvalue weighted by Gasteiger charge is -2.39. The number of benzene rings is 2. The van der Waals surface area contributed by atoms with Gasteiger partial charge < -0.3 is 29.5 Å². The molecule has 2 fully saturated rings. The fourth-order valence-electron chi connectivity index (χ4n) is 4.19. The molecule has 0 radical (unpaired) electrons. The Hall–Kier alpha value is -2.76. The van der Waals surface area contributed by atoms with E-state index >= 15 is 0 Å². The van der Waals surface area contributed by atoms with E-state index < -0.39 is 23.7 Å². The van der Waals surface area contributed by atoms with E-state index in [0.29, 0.717) is 41.3 Å². The van der Waals surface area contributed by atoms with E-state index in [1.807, 2.05) is 18.2 Å². The number of hydrogen-bond donors (Lipinski definition) is 2. The van der Waals surface area contributed by atoms with Crippen molar-refractivity contribution in [3.8, 4) is 11.5 Å². The zero-order valence-electron chi connectivity index (χ0n) is 17.9. The first-order chi connectivity index (χ1) is 16.0. The van der Waals surface area contributed by atoms with E-state index in [0.717, 1.165) is 18.8 Å². The molecule has 3 heterocycles. The molecule has 0 amide bonds. The van der Waals surface area contributed by atoms with Gasteiger partial charge in [0.1, 0.15) is 5.82 Å². The second kappa shape index (κ2) is 9.12. The molecule has 3 aliphatic heterocycles. The summed E-state index contributed by atoms with van der Waals surface area (Å²) in [4.78, 5) is 11.2. The van der Waals surface area contributed by atoms with Crippen molar-refractivity contribution in [2.75, 3.05) is 31.2 Å². The van der Waals surface area contributed by atoms with Gasteiger partial charge >= 0.3 is 12.1 Å². The average molecular weight is 505 g/mol. The van der Waals surface area contributed by atoms with Gasteiger partial charge in [-0.1, -0.05) is 17.7 Å². The van der Waals surface area contributed by atoms with Crippen molar-refractivity contribution in [1.82, 2.24) is 5.32 Å². The SMILES string of the molecule is CC1(c2ccc(Cl)cc2F)Oc2cccc(N3CCN[C@H]4COC[C@H]43)c2O1.O=C(O)C(F)(F)F. The number of hydrogen-bond acceptors (Lipinski definition) is 6. The minimum absolute atomic E-state index is 0.243. The zero-order valence-corrected chi connectivity index (χ0v) is 18.6. The van der Waals surface area contributed by atoms with E-state index in [9.17, 15) is 17.6 Å². The van der Waals surface area contributed by atoms with Crippen molar-refractivity contribution in [2.24, 2.45) is 0 Å². The fourth-order valence-corrected chi connectivity index (χ4v) is 4.35. The molecule has 34 heavy (non-hydrogen) atoms. The van der Waals surface area contributed by atoms with Gasteiger partial charge in [0.05, 0.1) is 36.5 Å². The molecule has 2 saturated heterocycles. The molecule has 2 aromatic rings. The number of alkyl halides is 3. The lowest BCUT2D eigenvalue weighted by atomic mass is 10.1. The van der Waals surface area contributed by atoms with Crippen LogP contribution in [0.15, 0.2) is 36.4 Å². The van der Waals surface area contributed by atoms with Gasteiger partial charge in [0.15, 0.2) is 11.5 Å². The smallest absolute Gasteiger partial charge is 0.475 e. The van der Waals surface area contributed by atoms with Crippen molar-refractivity contribution in [3.05, 3.63) is 52.8 Å². The van der Waals surface area contributed by atoms with Gasteiger partial charge in [0, 0.05) is 25.0 Å². The maximum absolute atomic E-state index is 14.5. The molecular weight excluding hydrogens is 484 g/mol. The Balaban J connectivity index is 0.000000344. The number of nitrogens with one attached hydrogen (secondary N) is 1. The van der Waals surface area contributed by atoms with Crippen LogP contribution in [0.4, 0.5) is 23.2 Å². The first-order valence-electron chi connectivity index (χ1n) is 10.3. The normalized spacial score (nSPS) is 25.4.